The first-order valence-corrected chi connectivity index (χ1v) is 22.7. The Kier molecular flexibility index (Phi) is 11.9. The average Bonchev–Trinajstić information content (AvgIpc) is 3.62. The number of furan rings is 1. The third kappa shape index (κ3) is 8.98. The van der Waals surface area contributed by atoms with E-state index in [2.05, 4.69) is 189 Å². The van der Waals surface area contributed by atoms with Crippen molar-refractivity contribution in [3.63, 3.8) is 0 Å². The molecule has 6 aromatic carbocycles. The minimum absolute atomic E-state index is 0. The molecule has 9 rings (SSSR count). The molecule has 0 amide bonds. The zero-order valence-corrected chi connectivity index (χ0v) is 36.3. The topological polar surface area (TPSA) is 38.9 Å². The second kappa shape index (κ2) is 17.2. The molecule has 3 aromatic heterocycles. The summed E-state index contributed by atoms with van der Waals surface area (Å²) in [5, 5.41) is 3.58. The van der Waals surface area contributed by atoms with Crippen LogP contribution in [0.15, 0.2) is 175 Å². The Morgan fingerprint density at radius 2 is 1.12 bits per heavy atom. The summed E-state index contributed by atoms with van der Waals surface area (Å²) in [5.41, 5.74) is 14.2. The maximum atomic E-state index is 6.12. The van der Waals surface area contributed by atoms with Crippen molar-refractivity contribution in [1.29, 1.82) is 0 Å². The summed E-state index contributed by atoms with van der Waals surface area (Å²) in [5.74, 6) is 0.455. The summed E-state index contributed by atoms with van der Waals surface area (Å²) in [6.45, 7) is 11.4. The Labute approximate surface area is 350 Å². The SMILES string of the molecule is CC(C)c1ccnc(-c2[c-]cc3oc4ccc(-c5ccc(-c6ccccc6)cc5)cc4c3c2)c1.C[Si](C)(C)c1ccc(-c2[c-]ccc(-c3ccccc3)c2)nc1.[Ir]. The first-order chi connectivity index (χ1) is 27.2. The van der Waals surface area contributed by atoms with E-state index in [4.69, 9.17) is 4.42 Å². The maximum Gasteiger partial charge on any atom is 0.121 e. The minimum Gasteiger partial charge on any atom is -0.500 e. The molecule has 57 heavy (non-hydrogen) atoms. The predicted molar refractivity (Wildman–Crippen MR) is 238 cm³/mol. The average molecular weight is 933 g/mol. The van der Waals surface area contributed by atoms with E-state index >= 15 is 0 Å². The van der Waals surface area contributed by atoms with Crippen LogP contribution in [0.3, 0.4) is 0 Å². The summed E-state index contributed by atoms with van der Waals surface area (Å²) >= 11 is 0. The quantitative estimate of drug-likeness (QED) is 0.118. The summed E-state index contributed by atoms with van der Waals surface area (Å²) in [6.07, 6.45) is 3.91. The van der Waals surface area contributed by atoms with Crippen molar-refractivity contribution in [2.75, 3.05) is 0 Å². The van der Waals surface area contributed by atoms with Gasteiger partial charge in [0, 0.05) is 37.9 Å². The number of pyridine rings is 2. The van der Waals surface area contributed by atoms with E-state index in [1.54, 1.807) is 0 Å². The van der Waals surface area contributed by atoms with Crippen LogP contribution >= 0.6 is 0 Å². The van der Waals surface area contributed by atoms with E-state index in [1.165, 1.54) is 44.1 Å². The zero-order chi connectivity index (χ0) is 38.6. The summed E-state index contributed by atoms with van der Waals surface area (Å²) in [6, 6.07) is 61.6. The minimum atomic E-state index is -1.29. The third-order valence-corrected chi connectivity index (χ3v) is 12.3. The molecule has 9 aromatic rings. The predicted octanol–water partition coefficient (Wildman–Crippen LogP) is 13.7. The number of nitrogens with zero attached hydrogens (tertiary/aromatic N) is 2. The molecule has 5 heteroatoms. The van der Waals surface area contributed by atoms with Crippen LogP contribution in [0.4, 0.5) is 0 Å². The number of rotatable bonds is 7. The molecule has 0 saturated heterocycles. The first kappa shape index (κ1) is 39.5. The van der Waals surface area contributed by atoms with Crippen LogP contribution in [0.1, 0.15) is 25.3 Å². The number of hydrogen-bond donors (Lipinski definition) is 0. The fourth-order valence-electron chi connectivity index (χ4n) is 6.91. The molecule has 283 valence electrons. The van der Waals surface area contributed by atoms with Crippen LogP contribution in [0, 0.1) is 12.1 Å². The van der Waals surface area contributed by atoms with E-state index in [-0.39, 0.29) is 20.1 Å². The van der Waals surface area contributed by atoms with Crippen molar-refractivity contribution in [3.05, 3.63) is 188 Å². The second-order valence-electron chi connectivity index (χ2n) is 15.5. The van der Waals surface area contributed by atoms with Crippen LogP contribution in [0.2, 0.25) is 19.6 Å². The molecule has 1 radical (unpaired) electrons. The second-order valence-corrected chi connectivity index (χ2v) is 20.6. The van der Waals surface area contributed by atoms with Crippen LogP contribution in [0.25, 0.3) is 77.8 Å². The standard InChI is InChI=1S/C32H24NO.C20H20NSi.Ir/c1-21(2)25-16-17-33-30(20-25)27-13-15-32-29(19-27)28-18-26(12-14-31(28)34-32)24-10-8-23(9-11-24)22-6-4-3-5-7-22;1-22(2,3)19-12-13-20(21-15-19)18-11-7-10-17(14-18)16-8-5-4-6-9-16;/h3-12,14-21H,1-2H3;4-10,12-15H,1-3H3;/q2*-1;. The fourth-order valence-corrected chi connectivity index (χ4v) is 7.94. The summed E-state index contributed by atoms with van der Waals surface area (Å²) < 4.78 is 6.12. The van der Waals surface area contributed by atoms with Crippen molar-refractivity contribution >= 4 is 35.2 Å². The van der Waals surface area contributed by atoms with E-state index in [0.29, 0.717) is 5.92 Å². The number of hydrogen-bond acceptors (Lipinski definition) is 3. The Morgan fingerprint density at radius 3 is 1.77 bits per heavy atom. The van der Waals surface area contributed by atoms with Crippen molar-refractivity contribution in [2.24, 2.45) is 0 Å². The molecule has 0 aliphatic carbocycles. The molecule has 0 bridgehead atoms. The molecule has 0 spiro atoms. The van der Waals surface area contributed by atoms with Gasteiger partial charge in [-0.2, -0.15) is 0 Å². The molecule has 0 unspecified atom stereocenters. The van der Waals surface area contributed by atoms with Crippen LogP contribution < -0.4 is 5.19 Å². The zero-order valence-electron chi connectivity index (χ0n) is 32.9. The normalized spacial score (nSPS) is 11.3. The van der Waals surface area contributed by atoms with Gasteiger partial charge in [-0.1, -0.05) is 154 Å². The molecular formula is C52H44IrN2OSi-2. The van der Waals surface area contributed by atoms with Gasteiger partial charge < -0.3 is 14.4 Å². The van der Waals surface area contributed by atoms with Gasteiger partial charge in [-0.25, -0.2) is 0 Å². The molecule has 3 nitrogen and oxygen atoms in total. The Morgan fingerprint density at radius 1 is 0.526 bits per heavy atom. The van der Waals surface area contributed by atoms with Crippen LogP contribution in [-0.2, 0) is 20.1 Å². The third-order valence-electron chi connectivity index (χ3n) is 10.3. The van der Waals surface area contributed by atoms with Crippen molar-refractivity contribution in [1.82, 2.24) is 9.97 Å². The smallest absolute Gasteiger partial charge is 0.121 e. The van der Waals surface area contributed by atoms with Crippen LogP contribution in [-0.4, -0.2) is 18.0 Å². The summed E-state index contributed by atoms with van der Waals surface area (Å²) in [4.78, 5) is 9.25. The number of aromatic nitrogens is 2. The van der Waals surface area contributed by atoms with Crippen molar-refractivity contribution in [2.45, 2.75) is 39.4 Å². The van der Waals surface area contributed by atoms with Gasteiger partial charge in [-0.3, -0.25) is 0 Å². The van der Waals surface area contributed by atoms with Crippen molar-refractivity contribution < 1.29 is 24.5 Å². The fraction of sp³-hybridized carbons (Fsp3) is 0.115. The Bertz CT molecular complexity index is 2730. The first-order valence-electron chi connectivity index (χ1n) is 19.2. The number of benzene rings is 6. The van der Waals surface area contributed by atoms with Crippen molar-refractivity contribution in [3.8, 4) is 55.9 Å². The van der Waals surface area contributed by atoms with Gasteiger partial charge in [-0.15, -0.1) is 59.2 Å². The van der Waals surface area contributed by atoms with Gasteiger partial charge in [0.15, 0.2) is 0 Å². The Hall–Kier alpha value is -5.71. The van der Waals surface area contributed by atoms with E-state index in [9.17, 15) is 0 Å². The molecule has 0 aliphatic heterocycles. The molecule has 0 fully saturated rings. The van der Waals surface area contributed by atoms with E-state index in [0.717, 1.165) is 44.5 Å². The number of fused-ring (bicyclic) bond motifs is 3. The van der Waals surface area contributed by atoms with Gasteiger partial charge in [0.2, 0.25) is 0 Å². The molecule has 0 N–H and O–H groups in total. The van der Waals surface area contributed by atoms with E-state index < -0.39 is 8.07 Å². The van der Waals surface area contributed by atoms with Gasteiger partial charge in [0.25, 0.3) is 0 Å². The van der Waals surface area contributed by atoms with Crippen LogP contribution in [0.5, 0.6) is 0 Å². The van der Waals surface area contributed by atoms with Gasteiger partial charge in [-0.05, 0) is 68.5 Å². The molecular weight excluding hydrogens is 889 g/mol. The Balaban J connectivity index is 0.000000188. The molecule has 3 heterocycles. The molecule has 0 saturated carbocycles. The largest absolute Gasteiger partial charge is 0.500 e. The monoisotopic (exact) mass is 933 g/mol. The molecule has 0 atom stereocenters. The summed E-state index contributed by atoms with van der Waals surface area (Å²) in [7, 11) is -1.29. The maximum absolute atomic E-state index is 6.12. The van der Waals surface area contributed by atoms with E-state index in [1.807, 2.05) is 36.7 Å². The van der Waals surface area contributed by atoms with Gasteiger partial charge in [0.1, 0.15) is 5.58 Å². The van der Waals surface area contributed by atoms with Gasteiger partial charge in [0.05, 0.1) is 13.7 Å². The van der Waals surface area contributed by atoms with Gasteiger partial charge >= 0.3 is 0 Å². The molecule has 0 aliphatic rings.